The van der Waals surface area contributed by atoms with Gasteiger partial charge in [0.15, 0.2) is 17.9 Å². The molecule has 10 nitrogen and oxygen atoms in total. The number of hydrogen-bond donors (Lipinski definition) is 2. The number of rotatable bonds is 10. The highest BCUT2D eigenvalue weighted by molar-refractivity contribution is 5.89. The number of benzene rings is 2. The Morgan fingerprint density at radius 2 is 1.92 bits per heavy atom. The second-order valence-electron chi connectivity index (χ2n) is 9.11. The monoisotopic (exact) mass is 535 g/mol. The molecule has 206 valence electrons. The predicted octanol–water partition coefficient (Wildman–Crippen LogP) is 2.57. The van der Waals surface area contributed by atoms with E-state index < -0.39 is 49.0 Å². The first kappa shape index (κ1) is 27.7. The fourth-order valence-electron chi connectivity index (χ4n) is 4.24. The maximum atomic E-state index is 15.2. The van der Waals surface area contributed by atoms with Crippen LogP contribution < -0.4 is 9.80 Å². The van der Waals surface area contributed by atoms with Crippen LogP contribution in [-0.2, 0) is 25.6 Å². The van der Waals surface area contributed by atoms with Gasteiger partial charge in [-0.3, -0.25) is 14.6 Å². The second kappa shape index (κ2) is 13.0. The van der Waals surface area contributed by atoms with Gasteiger partial charge in [0.05, 0.1) is 38.2 Å². The average Bonchev–Trinajstić information content (AvgIpc) is 3.29. The smallest absolute Gasteiger partial charge is 0.414 e. The van der Waals surface area contributed by atoms with Gasteiger partial charge in [-0.05, 0) is 24.8 Å². The van der Waals surface area contributed by atoms with Crippen molar-refractivity contribution in [1.82, 2.24) is 4.90 Å². The van der Waals surface area contributed by atoms with E-state index in [-0.39, 0.29) is 38.1 Å². The molecule has 2 fully saturated rings. The number of amides is 2. The van der Waals surface area contributed by atoms with Crippen LogP contribution >= 0.6 is 0 Å². The lowest BCUT2D eigenvalue weighted by Crippen LogP contribution is -2.39. The molecule has 4 rings (SSSR count). The Morgan fingerprint density at radius 1 is 1.18 bits per heavy atom. The van der Waals surface area contributed by atoms with E-state index >= 15 is 8.78 Å². The molecule has 0 saturated carbocycles. The average molecular weight is 536 g/mol. The van der Waals surface area contributed by atoms with Gasteiger partial charge in [0.25, 0.3) is 0 Å². The van der Waals surface area contributed by atoms with Gasteiger partial charge < -0.3 is 29.3 Å². The van der Waals surface area contributed by atoms with E-state index in [2.05, 4.69) is 0 Å². The molecule has 2 aromatic rings. The van der Waals surface area contributed by atoms with Crippen LogP contribution in [0.2, 0.25) is 0 Å². The van der Waals surface area contributed by atoms with Gasteiger partial charge in [-0.2, -0.15) is 0 Å². The van der Waals surface area contributed by atoms with Crippen LogP contribution in [0.25, 0.3) is 0 Å². The molecule has 0 bridgehead atoms. The first-order valence-electron chi connectivity index (χ1n) is 12.4. The van der Waals surface area contributed by atoms with E-state index in [0.717, 1.165) is 29.9 Å². The number of aliphatic hydroxyl groups excluding tert-OH is 2. The van der Waals surface area contributed by atoms with Gasteiger partial charge in [0, 0.05) is 18.7 Å². The van der Waals surface area contributed by atoms with E-state index in [9.17, 15) is 19.8 Å². The lowest BCUT2D eigenvalue weighted by atomic mass is 10.2. The number of carbonyl (C=O) groups excluding carboxylic acids is 2. The van der Waals surface area contributed by atoms with Crippen molar-refractivity contribution in [1.29, 1.82) is 0 Å². The van der Waals surface area contributed by atoms with Crippen molar-refractivity contribution in [2.24, 2.45) is 0 Å². The maximum absolute atomic E-state index is 15.2. The summed E-state index contributed by atoms with van der Waals surface area (Å²) in [6.07, 6.45) is -0.127. The summed E-state index contributed by atoms with van der Waals surface area (Å²) in [4.78, 5) is 28.7. The van der Waals surface area contributed by atoms with E-state index in [1.165, 1.54) is 9.80 Å². The lowest BCUT2D eigenvalue weighted by Gasteiger charge is -2.27. The molecule has 0 radical (unpaired) electrons. The van der Waals surface area contributed by atoms with E-state index in [0.29, 0.717) is 18.6 Å². The van der Waals surface area contributed by atoms with E-state index in [1.54, 1.807) is 30.3 Å². The molecule has 2 aliphatic heterocycles. The molecule has 12 heteroatoms. The minimum atomic E-state index is -1.37. The first-order valence-corrected chi connectivity index (χ1v) is 12.4. The van der Waals surface area contributed by atoms with Crippen LogP contribution in [0.4, 0.5) is 25.0 Å². The Kier molecular flexibility index (Phi) is 9.45. The van der Waals surface area contributed by atoms with Crippen LogP contribution in [0.1, 0.15) is 24.8 Å². The Hall–Kier alpha value is -3.32. The third-order valence-electron chi connectivity index (χ3n) is 6.23. The molecule has 2 heterocycles. The Morgan fingerprint density at radius 3 is 2.58 bits per heavy atom. The number of hydrogen-bond acceptors (Lipinski definition) is 8. The van der Waals surface area contributed by atoms with Crippen molar-refractivity contribution < 1.29 is 42.8 Å². The molecule has 2 saturated heterocycles. The SMILES string of the molecule is O=C1CN(c2c(F)cc(N(CC(O)CO)C(=O)OCc3ccccc3)cc2F)CN1COC1CCCCO1. The van der Waals surface area contributed by atoms with Gasteiger partial charge in [-0.25, -0.2) is 13.6 Å². The van der Waals surface area contributed by atoms with E-state index in [1.807, 2.05) is 0 Å². The van der Waals surface area contributed by atoms with Crippen LogP contribution in [0, 0.1) is 11.6 Å². The summed E-state index contributed by atoms with van der Waals surface area (Å²) in [6, 6.07) is 10.6. The zero-order valence-electron chi connectivity index (χ0n) is 20.8. The third kappa shape index (κ3) is 6.95. The molecule has 2 aromatic carbocycles. The fraction of sp³-hybridized carbons (Fsp3) is 0.462. The molecule has 2 amide bonds. The van der Waals surface area contributed by atoms with E-state index in [4.69, 9.17) is 14.2 Å². The van der Waals surface area contributed by atoms with Crippen molar-refractivity contribution in [3.63, 3.8) is 0 Å². The highest BCUT2D eigenvalue weighted by Gasteiger charge is 2.33. The molecule has 2 atom stereocenters. The zero-order chi connectivity index (χ0) is 27.1. The summed E-state index contributed by atoms with van der Waals surface area (Å²) in [5, 5.41) is 19.2. The molecule has 0 spiro atoms. The van der Waals surface area contributed by atoms with Crippen LogP contribution in [0.3, 0.4) is 0 Å². The van der Waals surface area contributed by atoms with Crippen molar-refractivity contribution >= 4 is 23.4 Å². The second-order valence-corrected chi connectivity index (χ2v) is 9.11. The fourth-order valence-corrected chi connectivity index (χ4v) is 4.24. The topological polar surface area (TPSA) is 112 Å². The predicted molar refractivity (Wildman–Crippen MR) is 132 cm³/mol. The molecular weight excluding hydrogens is 504 g/mol. The highest BCUT2D eigenvalue weighted by atomic mass is 19.1. The van der Waals surface area contributed by atoms with Crippen LogP contribution in [0.15, 0.2) is 42.5 Å². The number of carbonyl (C=O) groups is 2. The number of aliphatic hydroxyl groups is 2. The quantitative estimate of drug-likeness (QED) is 0.478. The number of ether oxygens (including phenoxy) is 3. The normalized spacial score (nSPS) is 18.5. The summed E-state index contributed by atoms with van der Waals surface area (Å²) in [6.45, 7) is -1.07. The summed E-state index contributed by atoms with van der Waals surface area (Å²) in [7, 11) is 0. The minimum absolute atomic E-state index is 0.0681. The minimum Gasteiger partial charge on any atom is -0.444 e. The first-order chi connectivity index (χ1) is 18.4. The van der Waals surface area contributed by atoms with Crippen molar-refractivity contribution in [2.45, 2.75) is 38.3 Å². The summed E-state index contributed by atoms with van der Waals surface area (Å²) >= 11 is 0. The highest BCUT2D eigenvalue weighted by Crippen LogP contribution is 2.31. The third-order valence-corrected chi connectivity index (χ3v) is 6.23. The zero-order valence-corrected chi connectivity index (χ0v) is 20.8. The number of nitrogens with zero attached hydrogens (tertiary/aromatic N) is 3. The van der Waals surface area contributed by atoms with Gasteiger partial charge >= 0.3 is 6.09 Å². The molecule has 2 N–H and O–H groups in total. The number of anilines is 2. The van der Waals surface area contributed by atoms with Crippen LogP contribution in [0.5, 0.6) is 0 Å². The standard InChI is InChI=1S/C26H31F2N3O7/c27-21-10-19(31(12-20(33)14-32)26(35)37-15-18-6-2-1-3-7-18)11-22(28)25(21)29-13-23(34)30(16-29)17-38-24-8-4-5-9-36-24/h1-3,6-7,10-11,20,24,32-33H,4-5,8-9,12-17H2. The molecular formula is C26H31F2N3O7. The lowest BCUT2D eigenvalue weighted by molar-refractivity contribution is -0.184. The van der Waals surface area contributed by atoms with Gasteiger partial charge in [0.2, 0.25) is 5.91 Å². The van der Waals surface area contributed by atoms with Gasteiger partial charge in [0.1, 0.15) is 19.0 Å². The summed E-state index contributed by atoms with van der Waals surface area (Å²) < 4.78 is 46.9. The molecule has 38 heavy (non-hydrogen) atoms. The van der Waals surface area contributed by atoms with Crippen LogP contribution in [-0.4, -0.2) is 79.2 Å². The summed E-state index contributed by atoms with van der Waals surface area (Å²) in [5.74, 6) is -2.38. The molecule has 0 aliphatic carbocycles. The summed E-state index contributed by atoms with van der Waals surface area (Å²) in [5.41, 5.74) is 0.0480. The van der Waals surface area contributed by atoms with Crippen molar-refractivity contribution in [3.8, 4) is 0 Å². The number of halogens is 2. The maximum Gasteiger partial charge on any atom is 0.414 e. The molecule has 0 aromatic heterocycles. The van der Waals surface area contributed by atoms with Gasteiger partial charge in [-0.1, -0.05) is 30.3 Å². The molecule has 2 aliphatic rings. The Bertz CT molecular complexity index is 1080. The largest absolute Gasteiger partial charge is 0.444 e. The van der Waals surface area contributed by atoms with Crippen molar-refractivity contribution in [3.05, 3.63) is 59.7 Å². The Balaban J connectivity index is 1.46. The van der Waals surface area contributed by atoms with Gasteiger partial charge in [-0.15, -0.1) is 0 Å². The molecule has 2 unspecified atom stereocenters. The van der Waals surface area contributed by atoms with Crippen molar-refractivity contribution in [2.75, 3.05) is 49.5 Å². The Labute approximate surface area is 218 Å².